The number of ether oxygens (including phenoxy) is 2. The van der Waals surface area contributed by atoms with Crippen LogP contribution in [0.3, 0.4) is 0 Å². The number of amides is 1. The predicted molar refractivity (Wildman–Crippen MR) is 143 cm³/mol. The molecule has 168 valence electrons. The first kappa shape index (κ1) is 25.1. The maximum atomic E-state index is 12.7. The van der Waals surface area contributed by atoms with E-state index in [2.05, 4.69) is 43.8 Å². The highest BCUT2D eigenvalue weighted by Crippen LogP contribution is 2.35. The lowest BCUT2D eigenvalue weighted by atomic mass is 10.1. The highest BCUT2D eigenvalue weighted by Gasteiger charge is 2.15. The summed E-state index contributed by atoms with van der Waals surface area (Å²) in [5.74, 6) is 0.568. The van der Waals surface area contributed by atoms with E-state index in [-0.39, 0.29) is 5.57 Å². The molecule has 5 nitrogen and oxygen atoms in total. The molecule has 3 aromatic carbocycles. The van der Waals surface area contributed by atoms with Gasteiger partial charge in [-0.05, 0) is 77.0 Å². The molecule has 0 atom stereocenters. The summed E-state index contributed by atoms with van der Waals surface area (Å²) in [6.45, 7) is 2.20. The van der Waals surface area contributed by atoms with Gasteiger partial charge in [-0.1, -0.05) is 51.8 Å². The minimum absolute atomic E-state index is 0.0471. The van der Waals surface area contributed by atoms with Crippen molar-refractivity contribution in [3.05, 3.63) is 89.9 Å². The van der Waals surface area contributed by atoms with Crippen LogP contribution >= 0.6 is 50.1 Å². The lowest BCUT2D eigenvalue weighted by Crippen LogP contribution is -2.14. The van der Waals surface area contributed by atoms with E-state index >= 15 is 0 Å². The molecule has 0 fully saturated rings. The Bertz CT molecular complexity index is 1270. The second-order valence-electron chi connectivity index (χ2n) is 7.00. The zero-order chi connectivity index (χ0) is 24.0. The molecule has 8 heteroatoms. The van der Waals surface area contributed by atoms with Crippen molar-refractivity contribution in [1.29, 1.82) is 5.26 Å². The Morgan fingerprint density at radius 3 is 2.70 bits per heavy atom. The molecule has 0 spiro atoms. The van der Waals surface area contributed by atoms with E-state index in [0.29, 0.717) is 34.4 Å². The Hall–Kier alpha value is -2.54. The number of hydrogen-bond acceptors (Lipinski definition) is 4. The quantitative estimate of drug-likeness (QED) is 0.170. The zero-order valence-electron chi connectivity index (χ0n) is 17.8. The topological polar surface area (TPSA) is 71.3 Å². The number of carbonyl (C=O) groups is 1. The highest BCUT2D eigenvalue weighted by molar-refractivity contribution is 14.1. The molecule has 0 aliphatic heterocycles. The highest BCUT2D eigenvalue weighted by atomic mass is 127. The van der Waals surface area contributed by atoms with Crippen molar-refractivity contribution >= 4 is 67.8 Å². The second-order valence-corrected chi connectivity index (χ2v) is 9.45. The van der Waals surface area contributed by atoms with Crippen LogP contribution in [0.15, 0.2) is 64.6 Å². The minimum Gasteiger partial charge on any atom is -0.493 e. The minimum atomic E-state index is -0.522. The molecule has 1 amide bonds. The SMILES string of the molecule is COc1cc(/C=C(\C#N)C(=O)Nc2cc(Cl)ccc2C)cc(I)c1OCc1ccccc1Br. The van der Waals surface area contributed by atoms with Crippen molar-refractivity contribution in [2.45, 2.75) is 13.5 Å². The summed E-state index contributed by atoms with van der Waals surface area (Å²) in [5, 5.41) is 12.8. The van der Waals surface area contributed by atoms with E-state index in [9.17, 15) is 10.1 Å². The van der Waals surface area contributed by atoms with E-state index < -0.39 is 5.91 Å². The van der Waals surface area contributed by atoms with E-state index in [4.69, 9.17) is 21.1 Å². The molecule has 0 aliphatic rings. The molecule has 3 rings (SSSR count). The van der Waals surface area contributed by atoms with Gasteiger partial charge in [-0.3, -0.25) is 4.79 Å². The first-order valence-corrected chi connectivity index (χ1v) is 12.0. The van der Waals surface area contributed by atoms with Crippen LogP contribution in [-0.4, -0.2) is 13.0 Å². The summed E-state index contributed by atoms with van der Waals surface area (Å²) < 4.78 is 13.3. The van der Waals surface area contributed by atoms with Gasteiger partial charge in [-0.15, -0.1) is 0 Å². The van der Waals surface area contributed by atoms with Gasteiger partial charge >= 0.3 is 0 Å². The van der Waals surface area contributed by atoms with Crippen molar-refractivity contribution in [2.75, 3.05) is 12.4 Å². The Balaban J connectivity index is 1.85. The number of benzene rings is 3. The van der Waals surface area contributed by atoms with Crippen LogP contribution in [0, 0.1) is 21.8 Å². The molecule has 33 heavy (non-hydrogen) atoms. The van der Waals surface area contributed by atoms with Crippen molar-refractivity contribution < 1.29 is 14.3 Å². The number of nitrogens with one attached hydrogen (secondary N) is 1. The van der Waals surface area contributed by atoms with Gasteiger partial charge in [0.15, 0.2) is 11.5 Å². The summed E-state index contributed by atoms with van der Waals surface area (Å²) >= 11 is 11.7. The lowest BCUT2D eigenvalue weighted by molar-refractivity contribution is -0.112. The van der Waals surface area contributed by atoms with E-state index in [1.807, 2.05) is 43.3 Å². The predicted octanol–water partition coefficient (Wildman–Crippen LogP) is 7.15. The van der Waals surface area contributed by atoms with Crippen LogP contribution in [0.1, 0.15) is 16.7 Å². The standard InChI is InChI=1S/C25H19BrClIN2O3/c1-15-7-8-19(27)12-22(15)30-25(31)18(13-29)9-16-10-21(28)24(23(11-16)32-2)33-14-17-5-3-4-6-20(17)26/h3-12H,14H2,1-2H3,(H,30,31)/b18-9+. The van der Waals surface area contributed by atoms with Gasteiger partial charge in [-0.25, -0.2) is 0 Å². The Kier molecular flexibility index (Phi) is 8.78. The number of halogens is 3. The normalized spacial score (nSPS) is 11.0. The van der Waals surface area contributed by atoms with Crippen LogP contribution in [0.4, 0.5) is 5.69 Å². The molecule has 3 aromatic rings. The molecule has 0 unspecified atom stereocenters. The van der Waals surface area contributed by atoms with Crippen LogP contribution in [0.2, 0.25) is 5.02 Å². The van der Waals surface area contributed by atoms with Gasteiger partial charge < -0.3 is 14.8 Å². The number of nitrogens with zero attached hydrogens (tertiary/aromatic N) is 1. The van der Waals surface area contributed by atoms with Crippen LogP contribution in [0.5, 0.6) is 11.5 Å². The molecule has 0 heterocycles. The maximum absolute atomic E-state index is 12.7. The molecule has 0 saturated heterocycles. The van der Waals surface area contributed by atoms with Gasteiger partial charge in [0.05, 0.1) is 10.7 Å². The molecular weight excluding hydrogens is 619 g/mol. The first-order chi connectivity index (χ1) is 15.8. The summed E-state index contributed by atoms with van der Waals surface area (Å²) in [5.41, 5.74) is 2.98. The summed E-state index contributed by atoms with van der Waals surface area (Å²) in [4.78, 5) is 12.7. The number of rotatable bonds is 7. The van der Waals surface area contributed by atoms with E-state index in [1.165, 1.54) is 6.08 Å². The third-order valence-corrected chi connectivity index (χ3v) is 6.52. The molecule has 0 bridgehead atoms. The zero-order valence-corrected chi connectivity index (χ0v) is 22.3. The third kappa shape index (κ3) is 6.50. The van der Waals surface area contributed by atoms with Crippen molar-refractivity contribution in [2.24, 2.45) is 0 Å². The summed E-state index contributed by atoms with van der Waals surface area (Å²) in [7, 11) is 1.55. The smallest absolute Gasteiger partial charge is 0.266 e. The Labute approximate surface area is 219 Å². The van der Waals surface area contributed by atoms with Crippen molar-refractivity contribution in [3.63, 3.8) is 0 Å². The number of anilines is 1. The van der Waals surface area contributed by atoms with Crippen LogP contribution in [-0.2, 0) is 11.4 Å². The van der Waals surface area contributed by atoms with E-state index in [1.54, 1.807) is 31.4 Å². The van der Waals surface area contributed by atoms with Gasteiger partial charge in [0.1, 0.15) is 18.2 Å². The number of nitriles is 1. The Morgan fingerprint density at radius 1 is 1.24 bits per heavy atom. The summed E-state index contributed by atoms with van der Waals surface area (Å²) in [6, 6.07) is 18.5. The van der Waals surface area contributed by atoms with E-state index in [0.717, 1.165) is 19.2 Å². The number of aryl methyl sites for hydroxylation is 1. The summed E-state index contributed by atoms with van der Waals surface area (Å²) in [6.07, 6.45) is 1.51. The van der Waals surface area contributed by atoms with Crippen LogP contribution in [0.25, 0.3) is 6.08 Å². The second kappa shape index (κ2) is 11.5. The van der Waals surface area contributed by atoms with Gasteiger partial charge in [0.25, 0.3) is 5.91 Å². The maximum Gasteiger partial charge on any atom is 0.266 e. The van der Waals surface area contributed by atoms with Crippen molar-refractivity contribution in [3.8, 4) is 17.6 Å². The number of methoxy groups -OCH3 is 1. The largest absolute Gasteiger partial charge is 0.493 e. The van der Waals surface area contributed by atoms with Gasteiger partial charge in [0.2, 0.25) is 0 Å². The number of hydrogen-bond donors (Lipinski definition) is 1. The fourth-order valence-electron chi connectivity index (χ4n) is 2.96. The molecule has 0 saturated carbocycles. The first-order valence-electron chi connectivity index (χ1n) is 9.75. The number of carbonyl (C=O) groups excluding carboxylic acids is 1. The van der Waals surface area contributed by atoms with Crippen molar-refractivity contribution in [1.82, 2.24) is 0 Å². The monoisotopic (exact) mass is 636 g/mol. The fraction of sp³-hybridized carbons (Fsp3) is 0.120. The van der Waals surface area contributed by atoms with Crippen LogP contribution < -0.4 is 14.8 Å². The average molecular weight is 638 g/mol. The molecule has 0 aromatic heterocycles. The molecule has 0 aliphatic carbocycles. The molecule has 1 N–H and O–H groups in total. The molecular formula is C25H19BrClIN2O3. The third-order valence-electron chi connectivity index (χ3n) is 4.71. The van der Waals surface area contributed by atoms with Gasteiger partial charge in [-0.2, -0.15) is 5.26 Å². The molecule has 0 radical (unpaired) electrons. The average Bonchev–Trinajstić information content (AvgIpc) is 2.79. The fourth-order valence-corrected chi connectivity index (χ4v) is 4.31. The lowest BCUT2D eigenvalue weighted by Gasteiger charge is -2.14. The van der Waals surface area contributed by atoms with Gasteiger partial charge in [0, 0.05) is 20.7 Å². The Morgan fingerprint density at radius 2 is 2.00 bits per heavy atom.